The van der Waals surface area contributed by atoms with Crippen molar-refractivity contribution in [2.45, 2.75) is 39.1 Å². The van der Waals surface area contributed by atoms with Crippen LogP contribution in [0.15, 0.2) is 43.1 Å². The van der Waals surface area contributed by atoms with Gasteiger partial charge in [-0.2, -0.15) is 4.98 Å². The molecule has 2 aliphatic rings. The third kappa shape index (κ3) is 5.60. The molecule has 2 amide bonds. The highest BCUT2D eigenvalue weighted by atomic mass is 16.6. The molecule has 1 saturated heterocycles. The molecule has 0 bridgehead atoms. The van der Waals surface area contributed by atoms with Gasteiger partial charge in [0.15, 0.2) is 5.82 Å². The van der Waals surface area contributed by atoms with Crippen LogP contribution in [0.3, 0.4) is 0 Å². The number of hydrogen-bond acceptors (Lipinski definition) is 8. The highest BCUT2D eigenvalue weighted by Gasteiger charge is 2.31. The SMILES string of the molecule is C=CC(=O)N1CCN(Cc2ccc([C@H](C)Nc3ncc4c(n3)N([C@H](C)CO)C(=O)OC4)cc2)CC1. The molecule has 1 aromatic heterocycles. The fourth-order valence-electron chi connectivity index (χ4n) is 4.25. The zero-order valence-corrected chi connectivity index (χ0v) is 20.2. The van der Waals surface area contributed by atoms with E-state index in [9.17, 15) is 14.7 Å². The Kier molecular flexibility index (Phi) is 7.62. The third-order valence-corrected chi connectivity index (χ3v) is 6.41. The Morgan fingerprint density at radius 3 is 2.60 bits per heavy atom. The highest BCUT2D eigenvalue weighted by Crippen LogP contribution is 2.28. The minimum Gasteiger partial charge on any atom is -0.444 e. The lowest BCUT2D eigenvalue weighted by atomic mass is 10.1. The van der Waals surface area contributed by atoms with Gasteiger partial charge < -0.3 is 20.1 Å². The normalized spacial score (nSPS) is 17.9. The standard InChI is InChI=1S/C25H32N6O4/c1-4-22(33)30-11-9-29(10-12-30)14-19-5-7-20(8-6-19)18(3)27-24-26-13-21-16-35-25(34)31(17(2)15-32)23(21)28-24/h4-8,13,17-18,32H,1,9-12,14-16H2,2-3H3,(H,26,27,28)/t17-,18+/m1/s1. The number of anilines is 2. The Bertz CT molecular complexity index is 1070. The molecule has 2 aromatic rings. The van der Waals surface area contributed by atoms with Crippen molar-refractivity contribution in [1.82, 2.24) is 19.8 Å². The number of hydrogen-bond donors (Lipinski definition) is 2. The van der Waals surface area contributed by atoms with Crippen molar-refractivity contribution in [2.24, 2.45) is 0 Å². The Morgan fingerprint density at radius 2 is 1.94 bits per heavy atom. The number of benzene rings is 1. The third-order valence-electron chi connectivity index (χ3n) is 6.41. The first-order chi connectivity index (χ1) is 16.9. The van der Waals surface area contributed by atoms with Crippen LogP contribution in [-0.2, 0) is 22.7 Å². The van der Waals surface area contributed by atoms with Gasteiger partial charge in [0.25, 0.3) is 0 Å². The van der Waals surface area contributed by atoms with Crippen molar-refractivity contribution in [3.05, 3.63) is 59.8 Å². The fourth-order valence-corrected chi connectivity index (χ4v) is 4.25. The first-order valence-electron chi connectivity index (χ1n) is 11.8. The van der Waals surface area contributed by atoms with Crippen LogP contribution in [-0.4, -0.2) is 75.7 Å². The van der Waals surface area contributed by atoms with E-state index in [2.05, 4.69) is 51.0 Å². The predicted molar refractivity (Wildman–Crippen MR) is 132 cm³/mol. The molecule has 186 valence electrons. The van der Waals surface area contributed by atoms with E-state index in [0.29, 0.717) is 17.3 Å². The van der Waals surface area contributed by atoms with Crippen molar-refractivity contribution in [1.29, 1.82) is 0 Å². The van der Waals surface area contributed by atoms with Gasteiger partial charge in [0.1, 0.15) is 6.61 Å². The number of piperazine rings is 1. The zero-order chi connectivity index (χ0) is 24.9. The van der Waals surface area contributed by atoms with Gasteiger partial charge in [-0.1, -0.05) is 30.8 Å². The van der Waals surface area contributed by atoms with Crippen LogP contribution >= 0.6 is 0 Å². The second-order valence-electron chi connectivity index (χ2n) is 8.91. The number of nitrogens with zero attached hydrogens (tertiary/aromatic N) is 5. The van der Waals surface area contributed by atoms with Crippen molar-refractivity contribution in [3.63, 3.8) is 0 Å². The van der Waals surface area contributed by atoms with Gasteiger partial charge in [0.2, 0.25) is 11.9 Å². The summed E-state index contributed by atoms with van der Waals surface area (Å²) in [6.07, 6.45) is 2.49. The van der Waals surface area contributed by atoms with Gasteiger partial charge in [0, 0.05) is 38.9 Å². The van der Waals surface area contributed by atoms with E-state index in [-0.39, 0.29) is 25.2 Å². The summed E-state index contributed by atoms with van der Waals surface area (Å²) < 4.78 is 5.17. The number of fused-ring (bicyclic) bond motifs is 1. The van der Waals surface area contributed by atoms with Crippen molar-refractivity contribution < 1.29 is 19.4 Å². The summed E-state index contributed by atoms with van der Waals surface area (Å²) in [5, 5.41) is 12.8. The minimum absolute atomic E-state index is 0.00561. The van der Waals surface area contributed by atoms with Crippen molar-refractivity contribution in [2.75, 3.05) is 43.0 Å². The lowest BCUT2D eigenvalue weighted by molar-refractivity contribution is -0.127. The number of ether oxygens (including phenoxy) is 1. The molecule has 0 unspecified atom stereocenters. The van der Waals surface area contributed by atoms with E-state index in [1.54, 1.807) is 13.1 Å². The molecule has 0 spiro atoms. The minimum atomic E-state index is -0.527. The molecule has 2 atom stereocenters. The molecule has 10 nitrogen and oxygen atoms in total. The van der Waals surface area contributed by atoms with Crippen molar-refractivity contribution in [3.8, 4) is 0 Å². The lowest BCUT2D eigenvalue weighted by Crippen LogP contribution is -2.47. The number of amides is 2. The quantitative estimate of drug-likeness (QED) is 0.554. The second kappa shape index (κ2) is 10.8. The number of cyclic esters (lactones) is 1. The summed E-state index contributed by atoms with van der Waals surface area (Å²) in [5.41, 5.74) is 2.99. The summed E-state index contributed by atoms with van der Waals surface area (Å²) in [6, 6.07) is 7.88. The second-order valence-corrected chi connectivity index (χ2v) is 8.91. The maximum absolute atomic E-state index is 12.2. The number of rotatable bonds is 8. The maximum atomic E-state index is 12.2. The summed E-state index contributed by atoms with van der Waals surface area (Å²) in [5.74, 6) is 0.851. The van der Waals surface area contributed by atoms with Crippen LogP contribution in [0.4, 0.5) is 16.6 Å². The zero-order valence-electron chi connectivity index (χ0n) is 20.2. The van der Waals surface area contributed by atoms with Crippen LogP contribution in [0.1, 0.15) is 36.6 Å². The molecule has 10 heteroatoms. The summed E-state index contributed by atoms with van der Waals surface area (Å²) >= 11 is 0. The Balaban J connectivity index is 1.37. The Morgan fingerprint density at radius 1 is 1.23 bits per heavy atom. The number of aromatic nitrogens is 2. The Labute approximate surface area is 205 Å². The number of carbonyl (C=O) groups excluding carboxylic acids is 2. The van der Waals surface area contributed by atoms with Crippen LogP contribution < -0.4 is 10.2 Å². The largest absolute Gasteiger partial charge is 0.444 e. The number of aliphatic hydroxyl groups excluding tert-OH is 1. The molecule has 0 aliphatic carbocycles. The summed E-state index contributed by atoms with van der Waals surface area (Å²) in [7, 11) is 0. The molecule has 1 aromatic carbocycles. The van der Waals surface area contributed by atoms with E-state index in [1.807, 2.05) is 11.8 Å². The van der Waals surface area contributed by atoms with Gasteiger partial charge in [-0.3, -0.25) is 14.6 Å². The number of aliphatic hydroxyl groups is 1. The fraction of sp³-hybridized carbons (Fsp3) is 0.440. The molecular formula is C25H32N6O4. The van der Waals surface area contributed by atoms with Crippen LogP contribution in [0.5, 0.6) is 0 Å². The molecule has 3 heterocycles. The molecule has 1 fully saturated rings. The molecule has 0 saturated carbocycles. The number of carbonyl (C=O) groups is 2. The monoisotopic (exact) mass is 480 g/mol. The molecule has 2 aliphatic heterocycles. The summed E-state index contributed by atoms with van der Waals surface area (Å²) in [4.78, 5) is 38.4. The molecule has 35 heavy (non-hydrogen) atoms. The van der Waals surface area contributed by atoms with E-state index in [0.717, 1.165) is 38.3 Å². The molecule has 4 rings (SSSR count). The summed E-state index contributed by atoms with van der Waals surface area (Å²) in [6.45, 7) is 11.2. The molecular weight excluding hydrogens is 448 g/mol. The molecule has 0 radical (unpaired) electrons. The van der Waals surface area contributed by atoms with Gasteiger partial charge in [-0.25, -0.2) is 9.78 Å². The first kappa shape index (κ1) is 24.6. The maximum Gasteiger partial charge on any atom is 0.416 e. The Hall–Kier alpha value is -3.50. The van der Waals surface area contributed by atoms with Crippen molar-refractivity contribution >= 4 is 23.8 Å². The lowest BCUT2D eigenvalue weighted by Gasteiger charge is -2.34. The average molecular weight is 481 g/mol. The number of nitrogens with one attached hydrogen (secondary N) is 1. The first-order valence-corrected chi connectivity index (χ1v) is 11.8. The van der Waals surface area contributed by atoms with E-state index in [4.69, 9.17) is 4.74 Å². The van der Waals surface area contributed by atoms with Gasteiger partial charge in [-0.15, -0.1) is 0 Å². The van der Waals surface area contributed by atoms with Gasteiger partial charge in [-0.05, 0) is 31.1 Å². The highest BCUT2D eigenvalue weighted by molar-refractivity contribution is 5.89. The van der Waals surface area contributed by atoms with Gasteiger partial charge in [0.05, 0.1) is 24.3 Å². The van der Waals surface area contributed by atoms with Gasteiger partial charge >= 0.3 is 6.09 Å². The topological polar surface area (TPSA) is 111 Å². The average Bonchev–Trinajstić information content (AvgIpc) is 2.88. The smallest absolute Gasteiger partial charge is 0.416 e. The van der Waals surface area contributed by atoms with Crippen LogP contribution in [0.25, 0.3) is 0 Å². The van der Waals surface area contributed by atoms with E-state index >= 15 is 0 Å². The predicted octanol–water partition coefficient (Wildman–Crippen LogP) is 2.32. The van der Waals surface area contributed by atoms with Crippen LogP contribution in [0, 0.1) is 0 Å². The van der Waals surface area contributed by atoms with Crippen LogP contribution in [0.2, 0.25) is 0 Å². The van der Waals surface area contributed by atoms with E-state index < -0.39 is 12.1 Å². The molecule has 2 N–H and O–H groups in total. The van der Waals surface area contributed by atoms with E-state index in [1.165, 1.54) is 16.5 Å².